The number of para-hydroxylation sites is 2. The minimum Gasteiger partial charge on any atom is -0.495 e. The molecule has 1 amide bonds. The van der Waals surface area contributed by atoms with Gasteiger partial charge in [-0.1, -0.05) is 36.4 Å². The molecule has 8 nitrogen and oxygen atoms in total. The first-order chi connectivity index (χ1) is 16.8. The van der Waals surface area contributed by atoms with Crippen LogP contribution in [0.25, 0.3) is 0 Å². The number of nitrogens with one attached hydrogen (secondary N) is 1. The molecule has 3 aromatic rings. The number of benzene rings is 3. The molecule has 0 saturated carbocycles. The molecule has 1 heterocycles. The first-order valence-corrected chi connectivity index (χ1v) is 12.6. The fraction of sp³-hybridized carbons (Fsp3) is 0.231. The van der Waals surface area contributed by atoms with Gasteiger partial charge in [0.25, 0.3) is 15.9 Å². The third kappa shape index (κ3) is 5.14. The third-order valence-corrected chi connectivity index (χ3v) is 7.62. The fourth-order valence-corrected chi connectivity index (χ4v) is 5.71. The van der Waals surface area contributed by atoms with Crippen molar-refractivity contribution >= 4 is 33.3 Å². The first kappa shape index (κ1) is 24.3. The van der Waals surface area contributed by atoms with Gasteiger partial charge in [0.15, 0.2) is 6.61 Å². The standard InChI is InChI=1S/C26H26N2O6S/c1-18-8-3-5-11-21(18)27-25(29)17-34-26(30)20-13-14-23(33-2)24(16-20)35(31,32)28-15-7-10-19-9-4-6-12-22(19)28/h3-6,8-9,11-14,16H,7,10,15,17H2,1-2H3,(H,27,29). The highest BCUT2D eigenvalue weighted by molar-refractivity contribution is 7.93. The summed E-state index contributed by atoms with van der Waals surface area (Å²) in [5, 5.41) is 2.68. The second-order valence-corrected chi connectivity index (χ2v) is 9.95. The van der Waals surface area contributed by atoms with Gasteiger partial charge in [-0.05, 0) is 61.2 Å². The predicted octanol–water partition coefficient (Wildman–Crippen LogP) is 3.94. The van der Waals surface area contributed by atoms with Crippen LogP contribution < -0.4 is 14.4 Å². The molecule has 0 aliphatic carbocycles. The molecule has 35 heavy (non-hydrogen) atoms. The number of ether oxygens (including phenoxy) is 2. The van der Waals surface area contributed by atoms with E-state index in [9.17, 15) is 18.0 Å². The van der Waals surface area contributed by atoms with Crippen LogP contribution in [-0.2, 0) is 26.0 Å². The zero-order chi connectivity index (χ0) is 25.0. The van der Waals surface area contributed by atoms with Gasteiger partial charge in [0.1, 0.15) is 10.6 Å². The molecule has 0 atom stereocenters. The van der Waals surface area contributed by atoms with Gasteiger partial charge < -0.3 is 14.8 Å². The van der Waals surface area contributed by atoms with Crippen molar-refractivity contribution in [1.29, 1.82) is 0 Å². The Morgan fingerprint density at radius 2 is 1.77 bits per heavy atom. The second kappa shape index (κ2) is 10.2. The number of aryl methyl sites for hydroxylation is 2. The van der Waals surface area contributed by atoms with Gasteiger partial charge >= 0.3 is 5.97 Å². The van der Waals surface area contributed by atoms with Crippen LogP contribution in [0.2, 0.25) is 0 Å². The highest BCUT2D eigenvalue weighted by Gasteiger charge is 2.32. The van der Waals surface area contributed by atoms with Crippen molar-refractivity contribution in [2.45, 2.75) is 24.7 Å². The molecule has 1 aliphatic heterocycles. The van der Waals surface area contributed by atoms with Crippen molar-refractivity contribution in [1.82, 2.24) is 0 Å². The number of methoxy groups -OCH3 is 1. The van der Waals surface area contributed by atoms with Gasteiger partial charge in [-0.2, -0.15) is 0 Å². The van der Waals surface area contributed by atoms with Gasteiger partial charge in [0, 0.05) is 12.2 Å². The summed E-state index contributed by atoms with van der Waals surface area (Å²) in [6.07, 6.45) is 1.46. The number of fused-ring (bicyclic) bond motifs is 1. The molecule has 0 unspecified atom stereocenters. The topological polar surface area (TPSA) is 102 Å². The van der Waals surface area contributed by atoms with Gasteiger partial charge in [-0.25, -0.2) is 13.2 Å². The molecular weight excluding hydrogens is 468 g/mol. The highest BCUT2D eigenvalue weighted by atomic mass is 32.2. The molecule has 0 fully saturated rings. The van der Waals surface area contributed by atoms with Crippen LogP contribution in [0.15, 0.2) is 71.6 Å². The van der Waals surface area contributed by atoms with E-state index < -0.39 is 28.5 Å². The van der Waals surface area contributed by atoms with Crippen LogP contribution in [-0.4, -0.2) is 40.6 Å². The van der Waals surface area contributed by atoms with E-state index >= 15 is 0 Å². The van der Waals surface area contributed by atoms with Gasteiger partial charge in [0.2, 0.25) is 0 Å². The number of anilines is 2. The minimum atomic E-state index is -4.03. The largest absolute Gasteiger partial charge is 0.495 e. The fourth-order valence-electron chi connectivity index (χ4n) is 3.99. The van der Waals surface area contributed by atoms with Gasteiger partial charge in [0.05, 0.1) is 18.4 Å². The molecule has 1 N–H and O–H groups in total. The zero-order valence-corrected chi connectivity index (χ0v) is 20.3. The molecule has 0 spiro atoms. The summed E-state index contributed by atoms with van der Waals surface area (Å²) >= 11 is 0. The van der Waals surface area contributed by atoms with E-state index in [1.165, 1.54) is 29.6 Å². The number of esters is 1. The minimum absolute atomic E-state index is 0.00152. The Hall–Kier alpha value is -3.85. The van der Waals surface area contributed by atoms with Crippen LogP contribution in [0.5, 0.6) is 5.75 Å². The van der Waals surface area contributed by atoms with Crippen LogP contribution in [0.4, 0.5) is 11.4 Å². The number of sulfonamides is 1. The molecule has 0 saturated heterocycles. The Morgan fingerprint density at radius 3 is 2.54 bits per heavy atom. The van der Waals surface area contributed by atoms with Crippen molar-refractivity contribution in [2.24, 2.45) is 0 Å². The number of carbonyl (C=O) groups is 2. The summed E-state index contributed by atoms with van der Waals surface area (Å²) in [5.74, 6) is -1.20. The van der Waals surface area contributed by atoms with Crippen molar-refractivity contribution in [2.75, 3.05) is 29.9 Å². The zero-order valence-electron chi connectivity index (χ0n) is 19.5. The van der Waals surface area contributed by atoms with Crippen LogP contribution in [0.3, 0.4) is 0 Å². The predicted molar refractivity (Wildman–Crippen MR) is 132 cm³/mol. The van der Waals surface area contributed by atoms with E-state index in [0.29, 0.717) is 24.3 Å². The molecule has 1 aliphatic rings. The average molecular weight is 495 g/mol. The summed E-state index contributed by atoms with van der Waals surface area (Å²) in [7, 11) is -2.66. The number of nitrogens with zero attached hydrogens (tertiary/aromatic N) is 1. The lowest BCUT2D eigenvalue weighted by atomic mass is 10.0. The summed E-state index contributed by atoms with van der Waals surface area (Å²) in [6.45, 7) is 1.65. The molecule has 0 aromatic heterocycles. The van der Waals surface area contributed by atoms with E-state index in [-0.39, 0.29) is 16.2 Å². The molecule has 0 bridgehead atoms. The second-order valence-electron chi connectivity index (χ2n) is 8.11. The molecule has 3 aromatic carbocycles. The van der Waals surface area contributed by atoms with E-state index in [0.717, 1.165) is 17.5 Å². The molecule has 182 valence electrons. The van der Waals surface area contributed by atoms with Crippen molar-refractivity contribution in [3.05, 3.63) is 83.4 Å². The molecule has 0 radical (unpaired) electrons. The van der Waals surface area contributed by atoms with Crippen LogP contribution in [0.1, 0.15) is 27.9 Å². The number of hydrogen-bond donors (Lipinski definition) is 1. The molecule has 9 heteroatoms. The Morgan fingerprint density at radius 1 is 1.03 bits per heavy atom. The lowest BCUT2D eigenvalue weighted by Gasteiger charge is -2.30. The third-order valence-electron chi connectivity index (χ3n) is 5.79. The lowest BCUT2D eigenvalue weighted by molar-refractivity contribution is -0.119. The number of amides is 1. The Labute approximate surface area is 204 Å². The summed E-state index contributed by atoms with van der Waals surface area (Å²) in [6, 6.07) is 18.6. The SMILES string of the molecule is COc1ccc(C(=O)OCC(=O)Nc2ccccc2C)cc1S(=O)(=O)N1CCCc2ccccc21. The van der Waals surface area contributed by atoms with E-state index in [2.05, 4.69) is 5.32 Å². The van der Waals surface area contributed by atoms with Crippen molar-refractivity contribution < 1.29 is 27.5 Å². The quantitative estimate of drug-likeness (QED) is 0.499. The van der Waals surface area contributed by atoms with Crippen LogP contribution >= 0.6 is 0 Å². The van der Waals surface area contributed by atoms with Crippen molar-refractivity contribution in [3.63, 3.8) is 0 Å². The maximum atomic E-state index is 13.6. The van der Waals surface area contributed by atoms with Crippen LogP contribution in [0, 0.1) is 6.92 Å². The molecule has 4 rings (SSSR count). The monoisotopic (exact) mass is 494 g/mol. The van der Waals surface area contributed by atoms with E-state index in [1.807, 2.05) is 31.2 Å². The maximum absolute atomic E-state index is 13.6. The Bertz CT molecular complexity index is 1370. The van der Waals surface area contributed by atoms with Gasteiger partial charge in [-0.3, -0.25) is 9.10 Å². The Kier molecular flexibility index (Phi) is 7.07. The first-order valence-electron chi connectivity index (χ1n) is 11.1. The van der Waals surface area contributed by atoms with E-state index in [4.69, 9.17) is 9.47 Å². The normalized spacial score (nSPS) is 13.0. The number of carbonyl (C=O) groups excluding carboxylic acids is 2. The number of hydrogen-bond acceptors (Lipinski definition) is 6. The average Bonchev–Trinajstić information content (AvgIpc) is 2.87. The smallest absolute Gasteiger partial charge is 0.338 e. The number of rotatable bonds is 7. The maximum Gasteiger partial charge on any atom is 0.338 e. The lowest BCUT2D eigenvalue weighted by Crippen LogP contribution is -2.35. The van der Waals surface area contributed by atoms with Crippen molar-refractivity contribution in [3.8, 4) is 5.75 Å². The molecular formula is C26H26N2O6S. The van der Waals surface area contributed by atoms with Gasteiger partial charge in [-0.15, -0.1) is 0 Å². The Balaban J connectivity index is 1.54. The summed E-state index contributed by atoms with van der Waals surface area (Å²) < 4.78 is 39.1. The highest BCUT2D eigenvalue weighted by Crippen LogP contribution is 2.35. The summed E-state index contributed by atoms with van der Waals surface area (Å²) in [5.41, 5.74) is 3.04. The summed E-state index contributed by atoms with van der Waals surface area (Å²) in [4.78, 5) is 24.8. The van der Waals surface area contributed by atoms with E-state index in [1.54, 1.807) is 24.3 Å².